The van der Waals surface area contributed by atoms with Crippen LogP contribution in [-0.4, -0.2) is 37.2 Å². The van der Waals surface area contributed by atoms with Crippen molar-refractivity contribution >= 4 is 17.9 Å². The van der Waals surface area contributed by atoms with Gasteiger partial charge in [-0.15, -0.1) is 0 Å². The lowest BCUT2D eigenvalue weighted by molar-refractivity contribution is -0.167. The normalized spacial score (nSPS) is 12.4. The van der Waals surface area contributed by atoms with E-state index in [1.165, 1.54) is 250 Å². The van der Waals surface area contributed by atoms with Gasteiger partial charge < -0.3 is 14.2 Å². The van der Waals surface area contributed by atoms with E-state index in [9.17, 15) is 14.4 Å². The molecule has 0 aromatic heterocycles. The van der Waals surface area contributed by atoms with E-state index in [1.54, 1.807) is 0 Å². The van der Waals surface area contributed by atoms with Crippen LogP contribution in [0.15, 0.2) is 60.8 Å². The molecule has 466 valence electrons. The van der Waals surface area contributed by atoms with Crippen LogP contribution >= 0.6 is 0 Å². The first kappa shape index (κ1) is 77.1. The maximum atomic E-state index is 12.9. The van der Waals surface area contributed by atoms with Crippen molar-refractivity contribution in [2.75, 3.05) is 13.2 Å². The summed E-state index contributed by atoms with van der Waals surface area (Å²) in [5.74, 6) is -0.874. The van der Waals surface area contributed by atoms with Gasteiger partial charge in [0.25, 0.3) is 0 Å². The summed E-state index contributed by atoms with van der Waals surface area (Å²) in [6.45, 7) is 6.64. The van der Waals surface area contributed by atoms with Crippen molar-refractivity contribution in [3.63, 3.8) is 0 Å². The zero-order valence-electron chi connectivity index (χ0n) is 53.6. The van der Waals surface area contributed by atoms with Gasteiger partial charge in [0.1, 0.15) is 13.2 Å². The Balaban J connectivity index is 4.29. The highest BCUT2D eigenvalue weighted by molar-refractivity contribution is 5.71. The van der Waals surface area contributed by atoms with Crippen molar-refractivity contribution in [1.82, 2.24) is 0 Å². The molecule has 0 radical (unpaired) electrons. The van der Waals surface area contributed by atoms with Crippen LogP contribution in [0.4, 0.5) is 0 Å². The molecule has 0 amide bonds. The summed E-state index contributed by atoms with van der Waals surface area (Å²) < 4.78 is 17.0. The molecule has 80 heavy (non-hydrogen) atoms. The molecular weight excluding hydrogens is 985 g/mol. The molecule has 0 aliphatic heterocycles. The molecule has 0 saturated heterocycles. The van der Waals surface area contributed by atoms with Gasteiger partial charge in [-0.05, 0) is 109 Å². The number of rotatable bonds is 65. The van der Waals surface area contributed by atoms with Crippen LogP contribution in [0.1, 0.15) is 374 Å². The van der Waals surface area contributed by atoms with Crippen molar-refractivity contribution in [2.24, 2.45) is 0 Å². The first-order valence-electron chi connectivity index (χ1n) is 35.3. The van der Waals surface area contributed by atoms with Crippen LogP contribution in [0.5, 0.6) is 0 Å². The molecule has 1 unspecified atom stereocenters. The number of carbonyl (C=O) groups is 3. The lowest BCUT2D eigenvalue weighted by Gasteiger charge is -2.18. The van der Waals surface area contributed by atoms with E-state index in [-0.39, 0.29) is 31.1 Å². The van der Waals surface area contributed by atoms with Crippen LogP contribution < -0.4 is 0 Å². The highest BCUT2D eigenvalue weighted by Crippen LogP contribution is 2.18. The molecule has 0 saturated carbocycles. The first-order chi connectivity index (χ1) is 39.5. The smallest absolute Gasteiger partial charge is 0.306 e. The van der Waals surface area contributed by atoms with Gasteiger partial charge in [-0.3, -0.25) is 14.4 Å². The number of carbonyl (C=O) groups excluding carboxylic acids is 3. The predicted octanol–water partition coefficient (Wildman–Crippen LogP) is 24.3. The van der Waals surface area contributed by atoms with E-state index in [0.717, 1.165) is 83.5 Å². The minimum Gasteiger partial charge on any atom is -0.462 e. The van der Waals surface area contributed by atoms with Gasteiger partial charge in [-0.2, -0.15) is 0 Å². The highest BCUT2D eigenvalue weighted by atomic mass is 16.6. The first-order valence-corrected chi connectivity index (χ1v) is 35.3. The Labute approximate surface area is 498 Å². The van der Waals surface area contributed by atoms with Crippen LogP contribution in [0.25, 0.3) is 0 Å². The van der Waals surface area contributed by atoms with Crippen LogP contribution in [0.2, 0.25) is 0 Å². The summed E-state index contributed by atoms with van der Waals surface area (Å²) in [5, 5.41) is 0. The fraction of sp³-hybridized carbons (Fsp3) is 0.824. The molecule has 0 aliphatic rings. The summed E-state index contributed by atoms with van der Waals surface area (Å²) in [6.07, 6.45) is 88.1. The van der Waals surface area contributed by atoms with E-state index in [1.807, 2.05) is 0 Å². The van der Waals surface area contributed by atoms with Gasteiger partial charge in [0.15, 0.2) is 6.10 Å². The molecule has 0 rings (SSSR count). The molecular formula is C74H134O6. The SMILES string of the molecule is CCCCC/C=C\C/C=C\CCCCCCCCCCCC(=O)OC(COC(=O)CCCCCCC/C=C\C/C=C\CCCCCC)COC(=O)CCCCCCCCCCCCCCCCC/C=C\CCCCCCCCCC. The van der Waals surface area contributed by atoms with Crippen LogP contribution in [0.3, 0.4) is 0 Å². The maximum absolute atomic E-state index is 12.9. The standard InChI is InChI=1S/C74H134O6/c1-4-7-10-13-16-19-22-25-28-31-33-34-35-36-37-38-39-40-42-43-46-49-52-55-58-61-64-67-73(76)79-70-71(69-78-72(75)66-63-60-57-54-51-48-45-30-27-24-21-18-15-12-9-6-3)80-74(77)68-65-62-59-56-53-50-47-44-41-32-29-26-23-20-17-14-11-8-5-2/h17,20-21,24,26,29-31,33,45,71H,4-16,18-19,22-23,25,27-28,32,34-44,46-70H2,1-3H3/b20-17-,24-21-,29-26-,33-31-,45-30-. The van der Waals surface area contributed by atoms with E-state index in [4.69, 9.17) is 14.2 Å². The van der Waals surface area contributed by atoms with Crippen LogP contribution in [0, 0.1) is 0 Å². The minimum absolute atomic E-state index is 0.0776. The van der Waals surface area contributed by atoms with E-state index >= 15 is 0 Å². The number of allylic oxidation sites excluding steroid dienone is 10. The Morgan fingerprint density at radius 1 is 0.250 bits per heavy atom. The van der Waals surface area contributed by atoms with E-state index < -0.39 is 6.10 Å². The van der Waals surface area contributed by atoms with Gasteiger partial charge in [0.05, 0.1) is 0 Å². The molecule has 0 aromatic rings. The van der Waals surface area contributed by atoms with Gasteiger partial charge >= 0.3 is 17.9 Å². The molecule has 6 nitrogen and oxygen atoms in total. The van der Waals surface area contributed by atoms with Crippen LogP contribution in [-0.2, 0) is 28.6 Å². The monoisotopic (exact) mass is 1120 g/mol. The molecule has 1 atom stereocenters. The van der Waals surface area contributed by atoms with Gasteiger partial charge in [-0.1, -0.05) is 306 Å². The minimum atomic E-state index is -0.783. The largest absolute Gasteiger partial charge is 0.462 e. The molecule has 0 aromatic carbocycles. The Morgan fingerprint density at radius 3 is 0.738 bits per heavy atom. The number of hydrogen-bond donors (Lipinski definition) is 0. The van der Waals surface area contributed by atoms with E-state index in [0.29, 0.717) is 19.3 Å². The third-order valence-electron chi connectivity index (χ3n) is 15.7. The summed E-state index contributed by atoms with van der Waals surface area (Å²) in [4.78, 5) is 38.4. The Hall–Kier alpha value is -2.89. The number of esters is 3. The molecule has 6 heteroatoms. The zero-order chi connectivity index (χ0) is 57.8. The number of ether oxygens (including phenoxy) is 3. The van der Waals surface area contributed by atoms with Crippen molar-refractivity contribution in [3.05, 3.63) is 60.8 Å². The molecule has 0 spiro atoms. The van der Waals surface area contributed by atoms with E-state index in [2.05, 4.69) is 81.5 Å². The number of unbranched alkanes of at least 4 members (excludes halogenated alkanes) is 44. The number of hydrogen-bond acceptors (Lipinski definition) is 6. The van der Waals surface area contributed by atoms with Gasteiger partial charge in [0.2, 0.25) is 0 Å². The fourth-order valence-electron chi connectivity index (χ4n) is 10.4. The lowest BCUT2D eigenvalue weighted by Crippen LogP contribution is -2.30. The Morgan fingerprint density at radius 2 is 0.450 bits per heavy atom. The zero-order valence-corrected chi connectivity index (χ0v) is 53.6. The fourth-order valence-corrected chi connectivity index (χ4v) is 10.4. The quantitative estimate of drug-likeness (QED) is 0.0261. The lowest BCUT2D eigenvalue weighted by atomic mass is 10.0. The van der Waals surface area contributed by atoms with Gasteiger partial charge in [-0.25, -0.2) is 0 Å². The maximum Gasteiger partial charge on any atom is 0.306 e. The van der Waals surface area contributed by atoms with Crippen molar-refractivity contribution in [1.29, 1.82) is 0 Å². The Bertz CT molecular complexity index is 1430. The van der Waals surface area contributed by atoms with Crippen molar-refractivity contribution < 1.29 is 28.6 Å². The molecule has 0 N–H and O–H groups in total. The third kappa shape index (κ3) is 65.9. The van der Waals surface area contributed by atoms with Crippen molar-refractivity contribution in [3.8, 4) is 0 Å². The van der Waals surface area contributed by atoms with Crippen molar-refractivity contribution in [2.45, 2.75) is 380 Å². The average molecular weight is 1120 g/mol. The Kier molecular flexibility index (Phi) is 66.1. The highest BCUT2D eigenvalue weighted by Gasteiger charge is 2.19. The summed E-state index contributed by atoms with van der Waals surface area (Å²) in [5.41, 5.74) is 0. The second-order valence-corrected chi connectivity index (χ2v) is 23.8. The molecule has 0 bridgehead atoms. The molecule has 0 aliphatic carbocycles. The topological polar surface area (TPSA) is 78.9 Å². The average Bonchev–Trinajstić information content (AvgIpc) is 3.46. The molecule has 0 fully saturated rings. The summed E-state index contributed by atoms with van der Waals surface area (Å²) >= 11 is 0. The predicted molar refractivity (Wildman–Crippen MR) is 348 cm³/mol. The second-order valence-electron chi connectivity index (χ2n) is 23.8. The second kappa shape index (κ2) is 68.6. The summed E-state index contributed by atoms with van der Waals surface area (Å²) in [7, 11) is 0. The molecule has 0 heterocycles. The third-order valence-corrected chi connectivity index (χ3v) is 15.7. The summed E-state index contributed by atoms with van der Waals surface area (Å²) in [6, 6.07) is 0. The van der Waals surface area contributed by atoms with Gasteiger partial charge in [0, 0.05) is 19.3 Å².